The molecule has 3 rings (SSSR count). The third-order valence-electron chi connectivity index (χ3n) is 4.17. The zero-order valence-electron chi connectivity index (χ0n) is 14.6. The van der Waals surface area contributed by atoms with Gasteiger partial charge in [0.25, 0.3) is 0 Å². The molecule has 4 N–H and O–H groups in total. The van der Waals surface area contributed by atoms with E-state index in [0.717, 1.165) is 28.2 Å². The van der Waals surface area contributed by atoms with E-state index in [9.17, 15) is 0 Å². The smallest absolute Gasteiger partial charge is 0.221 e. The third-order valence-corrected chi connectivity index (χ3v) is 4.17. The maximum absolute atomic E-state index is 6.01. The molecule has 3 aromatic rings. The van der Waals surface area contributed by atoms with Crippen LogP contribution in [0.15, 0.2) is 41.1 Å². The largest absolute Gasteiger partial charge is 0.496 e. The first-order valence-electron chi connectivity index (χ1n) is 8.11. The topological polar surface area (TPSA) is 100 Å². The van der Waals surface area contributed by atoms with Crippen molar-refractivity contribution >= 4 is 11.8 Å². The second kappa shape index (κ2) is 6.84. The molecule has 0 spiro atoms. The molecule has 0 bridgehead atoms. The van der Waals surface area contributed by atoms with E-state index in [-0.39, 0.29) is 5.95 Å². The molecule has 2 heterocycles. The molecule has 0 radical (unpaired) electrons. The molecular formula is C19H22N4O2. The number of nitrogens with zero attached hydrogens (tertiary/aromatic N) is 2. The fourth-order valence-corrected chi connectivity index (χ4v) is 2.90. The van der Waals surface area contributed by atoms with Crippen LogP contribution in [0.2, 0.25) is 0 Å². The van der Waals surface area contributed by atoms with Gasteiger partial charge in [-0.25, -0.2) is 4.98 Å². The van der Waals surface area contributed by atoms with Crippen LogP contribution in [0.5, 0.6) is 5.75 Å². The first-order chi connectivity index (χ1) is 12.0. The van der Waals surface area contributed by atoms with Crippen LogP contribution in [-0.2, 0) is 6.42 Å². The summed E-state index contributed by atoms with van der Waals surface area (Å²) in [6.45, 7) is 4.29. The molecule has 2 aromatic heterocycles. The van der Waals surface area contributed by atoms with E-state index in [1.807, 2.05) is 12.1 Å². The first kappa shape index (κ1) is 16.8. The summed E-state index contributed by atoms with van der Waals surface area (Å²) in [6.07, 6.45) is 3.94. The summed E-state index contributed by atoms with van der Waals surface area (Å²) < 4.78 is 11.1. The number of methoxy groups -OCH3 is 1. The number of hydrogen-bond acceptors (Lipinski definition) is 6. The Morgan fingerprint density at radius 3 is 2.60 bits per heavy atom. The van der Waals surface area contributed by atoms with Crippen molar-refractivity contribution in [3.8, 4) is 17.1 Å². The highest BCUT2D eigenvalue weighted by atomic mass is 16.5. The molecule has 1 aromatic carbocycles. The maximum Gasteiger partial charge on any atom is 0.221 e. The van der Waals surface area contributed by atoms with Gasteiger partial charge < -0.3 is 20.6 Å². The molecule has 6 heteroatoms. The Bertz CT molecular complexity index is 873. The number of nitrogens with two attached hydrogens (primary N) is 2. The van der Waals surface area contributed by atoms with E-state index in [4.69, 9.17) is 20.6 Å². The van der Waals surface area contributed by atoms with E-state index in [1.165, 1.54) is 5.56 Å². The van der Waals surface area contributed by atoms with E-state index in [2.05, 4.69) is 35.9 Å². The molecule has 0 saturated carbocycles. The van der Waals surface area contributed by atoms with E-state index in [0.29, 0.717) is 18.2 Å². The van der Waals surface area contributed by atoms with Gasteiger partial charge in [-0.05, 0) is 41.3 Å². The van der Waals surface area contributed by atoms with Crippen LogP contribution in [-0.4, -0.2) is 17.1 Å². The molecule has 0 atom stereocenters. The Morgan fingerprint density at radius 1 is 1.20 bits per heavy atom. The van der Waals surface area contributed by atoms with Crippen molar-refractivity contribution in [2.24, 2.45) is 0 Å². The second-order valence-corrected chi connectivity index (χ2v) is 6.20. The lowest BCUT2D eigenvalue weighted by atomic mass is 9.90. The van der Waals surface area contributed by atoms with Crippen LogP contribution >= 0.6 is 0 Å². The highest BCUT2D eigenvalue weighted by Crippen LogP contribution is 2.36. The lowest BCUT2D eigenvalue weighted by Crippen LogP contribution is -2.06. The summed E-state index contributed by atoms with van der Waals surface area (Å²) >= 11 is 0. The normalized spacial score (nSPS) is 11.0. The van der Waals surface area contributed by atoms with Crippen LogP contribution in [0.4, 0.5) is 11.8 Å². The van der Waals surface area contributed by atoms with E-state index in [1.54, 1.807) is 19.6 Å². The van der Waals surface area contributed by atoms with E-state index >= 15 is 0 Å². The molecule has 0 saturated heterocycles. The molecule has 25 heavy (non-hydrogen) atoms. The van der Waals surface area contributed by atoms with Crippen molar-refractivity contribution < 1.29 is 9.15 Å². The average molecular weight is 338 g/mol. The minimum Gasteiger partial charge on any atom is -0.496 e. The zero-order valence-corrected chi connectivity index (χ0v) is 14.6. The summed E-state index contributed by atoms with van der Waals surface area (Å²) in [6, 6.07) is 7.92. The van der Waals surface area contributed by atoms with Crippen molar-refractivity contribution in [3.05, 3.63) is 53.4 Å². The Kier molecular flexibility index (Phi) is 4.61. The van der Waals surface area contributed by atoms with Crippen LogP contribution in [0, 0.1) is 0 Å². The molecule has 0 fully saturated rings. The standard InChI is InChI=1S/C19H22N4O2/c1-11(2)14-9-17(24-3)15(16-5-4-6-25-16)8-12(14)7-13-10-22-19(21)23-18(13)20/h4-6,8-11H,7H2,1-3H3,(H4,20,21,22,23). The SMILES string of the molecule is COc1cc(C(C)C)c(Cc2cnc(N)nc2N)cc1-c1ccco1. The van der Waals surface area contributed by atoms with Crippen molar-refractivity contribution in [3.63, 3.8) is 0 Å². The summed E-state index contributed by atoms with van der Waals surface area (Å²) in [5.74, 6) is 2.44. The van der Waals surface area contributed by atoms with Gasteiger partial charge in [0.2, 0.25) is 5.95 Å². The minimum atomic E-state index is 0.177. The predicted octanol–water partition coefficient (Wildman–Crippen LogP) is 3.62. The fraction of sp³-hybridized carbons (Fsp3) is 0.263. The molecular weight excluding hydrogens is 316 g/mol. The Balaban J connectivity index is 2.11. The van der Waals surface area contributed by atoms with Gasteiger partial charge in [-0.1, -0.05) is 13.8 Å². The minimum absolute atomic E-state index is 0.177. The van der Waals surface area contributed by atoms with Gasteiger partial charge in [-0.2, -0.15) is 4.98 Å². The number of rotatable bonds is 5. The van der Waals surface area contributed by atoms with Crippen molar-refractivity contribution in [1.82, 2.24) is 9.97 Å². The summed E-state index contributed by atoms with van der Waals surface area (Å²) in [5, 5.41) is 0. The molecule has 6 nitrogen and oxygen atoms in total. The van der Waals surface area contributed by atoms with Gasteiger partial charge in [-0.15, -0.1) is 0 Å². The maximum atomic E-state index is 6.01. The fourth-order valence-electron chi connectivity index (χ4n) is 2.90. The van der Waals surface area contributed by atoms with Crippen molar-refractivity contribution in [2.75, 3.05) is 18.6 Å². The van der Waals surface area contributed by atoms with Crippen LogP contribution in [0.1, 0.15) is 36.5 Å². The highest BCUT2D eigenvalue weighted by molar-refractivity contribution is 5.68. The number of hydrogen-bond donors (Lipinski definition) is 2. The molecule has 0 aliphatic rings. The number of anilines is 2. The second-order valence-electron chi connectivity index (χ2n) is 6.20. The number of ether oxygens (including phenoxy) is 1. The lowest BCUT2D eigenvalue weighted by Gasteiger charge is -2.18. The first-order valence-corrected chi connectivity index (χ1v) is 8.11. The molecule has 0 unspecified atom stereocenters. The van der Waals surface area contributed by atoms with Crippen LogP contribution in [0.25, 0.3) is 11.3 Å². The molecule has 0 amide bonds. The van der Waals surface area contributed by atoms with Crippen LogP contribution < -0.4 is 16.2 Å². The summed E-state index contributed by atoms with van der Waals surface area (Å²) in [5.41, 5.74) is 15.7. The Labute approximate surface area is 146 Å². The quantitative estimate of drug-likeness (QED) is 0.737. The Hall–Kier alpha value is -3.02. The predicted molar refractivity (Wildman–Crippen MR) is 98.4 cm³/mol. The van der Waals surface area contributed by atoms with E-state index < -0.39 is 0 Å². The van der Waals surface area contributed by atoms with Gasteiger partial charge in [0.1, 0.15) is 17.3 Å². The van der Waals surface area contributed by atoms with Gasteiger partial charge in [0, 0.05) is 18.2 Å². The molecule has 0 aliphatic heterocycles. The Morgan fingerprint density at radius 2 is 2.00 bits per heavy atom. The molecule has 0 aliphatic carbocycles. The van der Waals surface area contributed by atoms with Gasteiger partial charge in [-0.3, -0.25) is 0 Å². The summed E-state index contributed by atoms with van der Waals surface area (Å²) in [7, 11) is 1.66. The average Bonchev–Trinajstić information content (AvgIpc) is 3.11. The highest BCUT2D eigenvalue weighted by Gasteiger charge is 2.17. The monoisotopic (exact) mass is 338 g/mol. The number of aromatic nitrogens is 2. The summed E-state index contributed by atoms with van der Waals surface area (Å²) in [4.78, 5) is 8.11. The van der Waals surface area contributed by atoms with Gasteiger partial charge >= 0.3 is 0 Å². The van der Waals surface area contributed by atoms with Gasteiger partial charge in [0.15, 0.2) is 0 Å². The van der Waals surface area contributed by atoms with Crippen molar-refractivity contribution in [1.29, 1.82) is 0 Å². The van der Waals surface area contributed by atoms with Crippen molar-refractivity contribution in [2.45, 2.75) is 26.2 Å². The zero-order chi connectivity index (χ0) is 18.0. The van der Waals surface area contributed by atoms with Crippen LogP contribution in [0.3, 0.4) is 0 Å². The number of furan rings is 1. The number of benzene rings is 1. The third kappa shape index (κ3) is 3.42. The lowest BCUT2D eigenvalue weighted by molar-refractivity contribution is 0.413. The number of nitrogen functional groups attached to an aromatic ring is 2. The molecule has 130 valence electrons. The van der Waals surface area contributed by atoms with Gasteiger partial charge in [0.05, 0.1) is 18.9 Å².